The van der Waals surface area contributed by atoms with E-state index < -0.39 is 0 Å². The highest BCUT2D eigenvalue weighted by Gasteiger charge is 2.10. The SMILES string of the molecule is COc1c(C)cc(C)c(OC)c1C. The number of aryl methyl sites for hydroxylation is 2. The van der Waals surface area contributed by atoms with Crippen LogP contribution >= 0.6 is 0 Å². The van der Waals surface area contributed by atoms with E-state index in [4.69, 9.17) is 9.47 Å². The Kier molecular flexibility index (Phi) is 2.81. The molecule has 1 aromatic rings. The first-order valence-electron chi connectivity index (χ1n) is 4.30. The molecule has 0 aromatic heterocycles. The molecule has 0 unspecified atom stereocenters. The lowest BCUT2D eigenvalue weighted by molar-refractivity contribution is 0.385. The van der Waals surface area contributed by atoms with Crippen LogP contribution in [0.3, 0.4) is 0 Å². The van der Waals surface area contributed by atoms with Crippen LogP contribution < -0.4 is 9.47 Å². The minimum absolute atomic E-state index is 0.919. The molecule has 2 nitrogen and oxygen atoms in total. The maximum atomic E-state index is 5.29. The van der Waals surface area contributed by atoms with Gasteiger partial charge in [0.05, 0.1) is 14.2 Å². The normalized spacial score (nSPS) is 9.92. The van der Waals surface area contributed by atoms with E-state index in [-0.39, 0.29) is 0 Å². The van der Waals surface area contributed by atoms with Gasteiger partial charge in [-0.25, -0.2) is 0 Å². The molecule has 0 saturated carbocycles. The monoisotopic (exact) mass is 180 g/mol. The molecule has 0 amide bonds. The van der Waals surface area contributed by atoms with Crippen molar-refractivity contribution >= 4 is 0 Å². The van der Waals surface area contributed by atoms with Gasteiger partial charge in [0.15, 0.2) is 0 Å². The second-order valence-electron chi connectivity index (χ2n) is 3.20. The minimum Gasteiger partial charge on any atom is -0.496 e. The summed E-state index contributed by atoms with van der Waals surface area (Å²) in [7, 11) is 3.37. The molecule has 13 heavy (non-hydrogen) atoms. The smallest absolute Gasteiger partial charge is 0.128 e. The van der Waals surface area contributed by atoms with Crippen LogP contribution in [0, 0.1) is 20.8 Å². The third kappa shape index (κ3) is 1.62. The summed E-state index contributed by atoms with van der Waals surface area (Å²) in [6, 6.07) is 2.07. The van der Waals surface area contributed by atoms with Gasteiger partial charge in [0, 0.05) is 5.56 Å². The Morgan fingerprint density at radius 2 is 1.23 bits per heavy atom. The highest BCUT2D eigenvalue weighted by atomic mass is 16.5. The maximum absolute atomic E-state index is 5.29. The van der Waals surface area contributed by atoms with E-state index in [2.05, 4.69) is 6.07 Å². The Morgan fingerprint density at radius 3 is 1.54 bits per heavy atom. The van der Waals surface area contributed by atoms with Crippen molar-refractivity contribution in [2.24, 2.45) is 0 Å². The highest BCUT2D eigenvalue weighted by Crippen LogP contribution is 2.33. The maximum Gasteiger partial charge on any atom is 0.128 e. The minimum atomic E-state index is 0.919. The van der Waals surface area contributed by atoms with E-state index in [0.717, 1.165) is 28.2 Å². The van der Waals surface area contributed by atoms with E-state index in [1.165, 1.54) is 0 Å². The van der Waals surface area contributed by atoms with Crippen molar-refractivity contribution in [3.05, 3.63) is 22.8 Å². The lowest BCUT2D eigenvalue weighted by Gasteiger charge is -2.14. The lowest BCUT2D eigenvalue weighted by Crippen LogP contribution is -1.97. The zero-order chi connectivity index (χ0) is 10.0. The van der Waals surface area contributed by atoms with Crippen molar-refractivity contribution in [2.45, 2.75) is 20.8 Å². The first-order chi connectivity index (χ1) is 6.11. The van der Waals surface area contributed by atoms with Crippen LogP contribution in [-0.2, 0) is 0 Å². The Morgan fingerprint density at radius 1 is 0.846 bits per heavy atom. The Labute approximate surface area is 79.5 Å². The average Bonchev–Trinajstić information content (AvgIpc) is 2.04. The molecule has 0 heterocycles. The average molecular weight is 180 g/mol. The fourth-order valence-corrected chi connectivity index (χ4v) is 1.78. The second kappa shape index (κ2) is 3.69. The van der Waals surface area contributed by atoms with Gasteiger partial charge in [0.2, 0.25) is 0 Å². The number of hydrogen-bond acceptors (Lipinski definition) is 2. The molecule has 0 aliphatic heterocycles. The van der Waals surface area contributed by atoms with Crippen LogP contribution in [-0.4, -0.2) is 14.2 Å². The molecular formula is C11H16O2. The van der Waals surface area contributed by atoms with Crippen molar-refractivity contribution in [3.8, 4) is 11.5 Å². The summed E-state index contributed by atoms with van der Waals surface area (Å²) < 4.78 is 10.6. The van der Waals surface area contributed by atoms with Crippen molar-refractivity contribution < 1.29 is 9.47 Å². The van der Waals surface area contributed by atoms with Gasteiger partial charge in [-0.05, 0) is 38.0 Å². The molecule has 0 fully saturated rings. The van der Waals surface area contributed by atoms with Crippen LogP contribution in [0.25, 0.3) is 0 Å². The number of hydrogen-bond donors (Lipinski definition) is 0. The van der Waals surface area contributed by atoms with Crippen LogP contribution in [0.15, 0.2) is 6.07 Å². The van der Waals surface area contributed by atoms with Gasteiger partial charge in [-0.2, -0.15) is 0 Å². The fourth-order valence-electron chi connectivity index (χ4n) is 1.78. The van der Waals surface area contributed by atoms with Crippen molar-refractivity contribution in [3.63, 3.8) is 0 Å². The van der Waals surface area contributed by atoms with E-state index in [9.17, 15) is 0 Å². The summed E-state index contributed by atoms with van der Waals surface area (Å²) in [5.41, 5.74) is 3.37. The molecule has 1 rings (SSSR count). The largest absolute Gasteiger partial charge is 0.496 e. The van der Waals surface area contributed by atoms with E-state index in [1.807, 2.05) is 20.8 Å². The van der Waals surface area contributed by atoms with Gasteiger partial charge in [-0.15, -0.1) is 0 Å². The number of benzene rings is 1. The van der Waals surface area contributed by atoms with Crippen molar-refractivity contribution in [1.82, 2.24) is 0 Å². The van der Waals surface area contributed by atoms with Crippen LogP contribution in [0.4, 0.5) is 0 Å². The fraction of sp³-hybridized carbons (Fsp3) is 0.455. The quantitative estimate of drug-likeness (QED) is 0.696. The van der Waals surface area contributed by atoms with E-state index in [0.29, 0.717) is 0 Å². The third-order valence-corrected chi connectivity index (χ3v) is 2.24. The molecular weight excluding hydrogens is 164 g/mol. The highest BCUT2D eigenvalue weighted by molar-refractivity contribution is 5.53. The summed E-state index contributed by atoms with van der Waals surface area (Å²) in [4.78, 5) is 0. The van der Waals surface area contributed by atoms with Crippen molar-refractivity contribution in [1.29, 1.82) is 0 Å². The van der Waals surface area contributed by atoms with Gasteiger partial charge in [0.25, 0.3) is 0 Å². The van der Waals surface area contributed by atoms with Crippen LogP contribution in [0.1, 0.15) is 16.7 Å². The predicted octanol–water partition coefficient (Wildman–Crippen LogP) is 2.63. The van der Waals surface area contributed by atoms with Gasteiger partial charge in [-0.1, -0.05) is 0 Å². The predicted molar refractivity (Wildman–Crippen MR) is 53.8 cm³/mol. The second-order valence-corrected chi connectivity index (χ2v) is 3.20. The summed E-state index contributed by atoms with van der Waals surface area (Å²) in [6.07, 6.45) is 0. The molecule has 0 N–H and O–H groups in total. The summed E-state index contributed by atoms with van der Waals surface area (Å²) >= 11 is 0. The molecule has 0 atom stereocenters. The Bertz CT molecular complexity index is 288. The molecule has 72 valence electrons. The summed E-state index contributed by atoms with van der Waals surface area (Å²) in [5.74, 6) is 1.84. The van der Waals surface area contributed by atoms with Gasteiger partial charge in [0.1, 0.15) is 11.5 Å². The Balaban J connectivity index is 3.39. The topological polar surface area (TPSA) is 18.5 Å². The molecule has 0 aliphatic rings. The number of rotatable bonds is 2. The van der Waals surface area contributed by atoms with E-state index >= 15 is 0 Å². The molecule has 2 heteroatoms. The molecule has 0 radical (unpaired) electrons. The third-order valence-electron chi connectivity index (χ3n) is 2.24. The summed E-state index contributed by atoms with van der Waals surface area (Å²) in [5, 5.41) is 0. The molecule has 0 spiro atoms. The number of methoxy groups -OCH3 is 2. The summed E-state index contributed by atoms with van der Waals surface area (Å²) in [6.45, 7) is 6.09. The standard InChI is InChI=1S/C11H16O2/c1-7-6-8(2)11(13-5)9(3)10(7)12-4/h6H,1-5H3. The molecule has 0 aliphatic carbocycles. The van der Waals surface area contributed by atoms with Gasteiger partial charge < -0.3 is 9.47 Å². The zero-order valence-electron chi connectivity index (χ0n) is 8.89. The van der Waals surface area contributed by atoms with Crippen LogP contribution in [0.5, 0.6) is 11.5 Å². The van der Waals surface area contributed by atoms with Crippen LogP contribution in [0.2, 0.25) is 0 Å². The Hall–Kier alpha value is -1.18. The zero-order valence-corrected chi connectivity index (χ0v) is 8.89. The molecule has 0 saturated heterocycles. The molecule has 0 bridgehead atoms. The van der Waals surface area contributed by atoms with E-state index in [1.54, 1.807) is 14.2 Å². The number of ether oxygens (including phenoxy) is 2. The lowest BCUT2D eigenvalue weighted by atomic mass is 10.0. The van der Waals surface area contributed by atoms with Gasteiger partial charge >= 0.3 is 0 Å². The van der Waals surface area contributed by atoms with Gasteiger partial charge in [-0.3, -0.25) is 0 Å². The first-order valence-corrected chi connectivity index (χ1v) is 4.30. The molecule has 1 aromatic carbocycles. The first kappa shape index (κ1) is 9.90. The van der Waals surface area contributed by atoms with Crippen molar-refractivity contribution in [2.75, 3.05) is 14.2 Å².